The van der Waals surface area contributed by atoms with Gasteiger partial charge in [-0.2, -0.15) is 0 Å². The van der Waals surface area contributed by atoms with Gasteiger partial charge >= 0.3 is 0 Å². The molecule has 1 aliphatic heterocycles. The number of carbonyl (C=O) groups is 2. The van der Waals surface area contributed by atoms with Crippen LogP contribution < -0.4 is 9.47 Å². The second-order valence-corrected chi connectivity index (χ2v) is 5.41. The van der Waals surface area contributed by atoms with Crippen LogP contribution in [0, 0.1) is 0 Å². The maximum atomic E-state index is 12.3. The van der Waals surface area contributed by atoms with E-state index in [4.69, 9.17) is 9.47 Å². The molecule has 0 bridgehead atoms. The number of carbonyl (C=O) groups excluding carboxylic acids is 2. The predicted molar refractivity (Wildman–Crippen MR) is 86.6 cm³/mol. The Labute approximate surface area is 137 Å². The van der Waals surface area contributed by atoms with Crippen molar-refractivity contribution in [3.8, 4) is 11.5 Å². The van der Waals surface area contributed by atoms with Gasteiger partial charge in [0.05, 0.1) is 6.61 Å². The Balaban J connectivity index is 1.88. The molecule has 126 valence electrons. The van der Waals surface area contributed by atoms with Crippen LogP contribution in [0.4, 0.5) is 0 Å². The van der Waals surface area contributed by atoms with Gasteiger partial charge in [-0.15, -0.1) is 0 Å². The van der Waals surface area contributed by atoms with Gasteiger partial charge in [0.2, 0.25) is 5.91 Å². The lowest BCUT2D eigenvalue weighted by molar-refractivity contribution is -0.134. The first-order valence-electron chi connectivity index (χ1n) is 7.99. The highest BCUT2D eigenvalue weighted by Gasteiger charge is 2.20. The Morgan fingerprint density at radius 1 is 1.00 bits per heavy atom. The second kappa shape index (κ2) is 8.41. The predicted octanol–water partition coefficient (Wildman–Crippen LogP) is 1.54. The zero-order valence-electron chi connectivity index (χ0n) is 13.8. The highest BCUT2D eigenvalue weighted by molar-refractivity contribution is 5.78. The molecule has 2 amide bonds. The van der Waals surface area contributed by atoms with Crippen molar-refractivity contribution in [3.05, 3.63) is 24.3 Å². The standard InChI is InChI=1S/C17H24N2O4/c1-3-22-15-7-4-5-8-16(15)23-13-17(21)19-10-6-9-18(11-12-19)14(2)20/h4-5,7-8H,3,6,9-13H2,1-2H3. The van der Waals surface area contributed by atoms with Crippen molar-refractivity contribution in [3.63, 3.8) is 0 Å². The van der Waals surface area contributed by atoms with E-state index in [0.717, 1.165) is 6.42 Å². The van der Waals surface area contributed by atoms with E-state index < -0.39 is 0 Å². The van der Waals surface area contributed by atoms with Crippen molar-refractivity contribution < 1.29 is 19.1 Å². The number of amides is 2. The number of rotatable bonds is 5. The number of para-hydroxylation sites is 2. The summed E-state index contributed by atoms with van der Waals surface area (Å²) >= 11 is 0. The van der Waals surface area contributed by atoms with Crippen LogP contribution in [0.2, 0.25) is 0 Å². The molecule has 0 radical (unpaired) electrons. The van der Waals surface area contributed by atoms with Gasteiger partial charge in [-0.1, -0.05) is 12.1 Å². The molecule has 1 heterocycles. The van der Waals surface area contributed by atoms with Gasteiger partial charge < -0.3 is 19.3 Å². The number of nitrogens with zero attached hydrogens (tertiary/aromatic N) is 2. The molecule has 1 aromatic carbocycles. The topological polar surface area (TPSA) is 59.1 Å². The molecular weight excluding hydrogens is 296 g/mol. The van der Waals surface area contributed by atoms with Gasteiger partial charge in [-0.05, 0) is 25.5 Å². The minimum Gasteiger partial charge on any atom is -0.490 e. The summed E-state index contributed by atoms with van der Waals surface area (Å²) in [5.41, 5.74) is 0. The average Bonchev–Trinajstić information content (AvgIpc) is 2.80. The Kier molecular flexibility index (Phi) is 6.26. The molecule has 1 aliphatic rings. The van der Waals surface area contributed by atoms with Crippen molar-refractivity contribution >= 4 is 11.8 Å². The summed E-state index contributed by atoms with van der Waals surface area (Å²) in [4.78, 5) is 27.3. The molecule has 0 spiro atoms. The average molecular weight is 320 g/mol. The van der Waals surface area contributed by atoms with Crippen molar-refractivity contribution in [2.45, 2.75) is 20.3 Å². The van der Waals surface area contributed by atoms with Crippen LogP contribution >= 0.6 is 0 Å². The first kappa shape index (κ1) is 17.1. The molecule has 1 aromatic rings. The molecule has 0 atom stereocenters. The van der Waals surface area contributed by atoms with Crippen molar-refractivity contribution in [2.24, 2.45) is 0 Å². The van der Waals surface area contributed by atoms with Gasteiger partial charge in [-0.25, -0.2) is 0 Å². The Hall–Kier alpha value is -2.24. The molecule has 0 N–H and O–H groups in total. The molecule has 23 heavy (non-hydrogen) atoms. The van der Waals surface area contributed by atoms with E-state index in [1.165, 1.54) is 0 Å². The van der Waals surface area contributed by atoms with E-state index in [1.807, 2.05) is 25.1 Å². The Bertz CT molecular complexity index is 547. The zero-order valence-corrected chi connectivity index (χ0v) is 13.8. The third kappa shape index (κ3) is 4.87. The molecule has 6 nitrogen and oxygen atoms in total. The third-order valence-corrected chi connectivity index (χ3v) is 3.79. The lowest BCUT2D eigenvalue weighted by Gasteiger charge is -2.21. The van der Waals surface area contributed by atoms with Crippen LogP contribution in [-0.4, -0.2) is 61.0 Å². The Morgan fingerprint density at radius 3 is 2.26 bits per heavy atom. The molecule has 1 saturated heterocycles. The summed E-state index contributed by atoms with van der Waals surface area (Å²) in [5, 5.41) is 0. The van der Waals surface area contributed by atoms with Gasteiger partial charge in [-0.3, -0.25) is 9.59 Å². The van der Waals surface area contributed by atoms with Crippen molar-refractivity contribution in [1.82, 2.24) is 9.80 Å². The van der Waals surface area contributed by atoms with Crippen molar-refractivity contribution in [2.75, 3.05) is 39.4 Å². The number of benzene rings is 1. The fourth-order valence-electron chi connectivity index (χ4n) is 2.56. The normalized spacial score (nSPS) is 15.0. The summed E-state index contributed by atoms with van der Waals surface area (Å²) in [6.45, 7) is 6.47. The first-order chi connectivity index (χ1) is 11.1. The van der Waals surface area contributed by atoms with Gasteiger partial charge in [0.1, 0.15) is 0 Å². The summed E-state index contributed by atoms with van der Waals surface area (Å²) in [6, 6.07) is 7.32. The highest BCUT2D eigenvalue weighted by Crippen LogP contribution is 2.26. The van der Waals surface area contributed by atoms with Crippen molar-refractivity contribution in [1.29, 1.82) is 0 Å². The summed E-state index contributed by atoms with van der Waals surface area (Å²) < 4.78 is 11.1. The lowest BCUT2D eigenvalue weighted by atomic mass is 10.3. The fraction of sp³-hybridized carbons (Fsp3) is 0.529. The molecule has 0 aliphatic carbocycles. The highest BCUT2D eigenvalue weighted by atomic mass is 16.5. The lowest BCUT2D eigenvalue weighted by Crippen LogP contribution is -2.38. The second-order valence-electron chi connectivity index (χ2n) is 5.41. The minimum atomic E-state index is -0.0679. The maximum Gasteiger partial charge on any atom is 0.260 e. The molecule has 0 aromatic heterocycles. The van der Waals surface area contributed by atoms with Gasteiger partial charge in [0.25, 0.3) is 5.91 Å². The first-order valence-corrected chi connectivity index (χ1v) is 7.99. The summed E-state index contributed by atoms with van der Waals surface area (Å²) in [5.74, 6) is 1.20. The van der Waals surface area contributed by atoms with Crippen LogP contribution in [0.1, 0.15) is 20.3 Å². The van der Waals surface area contributed by atoms with E-state index >= 15 is 0 Å². The zero-order chi connectivity index (χ0) is 16.7. The van der Waals surface area contributed by atoms with E-state index in [9.17, 15) is 9.59 Å². The minimum absolute atomic E-state index is 0.0237. The van der Waals surface area contributed by atoms with Crippen LogP contribution in [0.15, 0.2) is 24.3 Å². The fourth-order valence-corrected chi connectivity index (χ4v) is 2.56. The van der Waals surface area contributed by atoms with Gasteiger partial charge in [0.15, 0.2) is 18.1 Å². The number of ether oxygens (including phenoxy) is 2. The van der Waals surface area contributed by atoms with E-state index in [-0.39, 0.29) is 18.4 Å². The quantitative estimate of drug-likeness (QED) is 0.826. The van der Waals surface area contributed by atoms with Crippen LogP contribution in [0.25, 0.3) is 0 Å². The van der Waals surface area contributed by atoms with E-state index in [0.29, 0.717) is 44.3 Å². The van der Waals surface area contributed by atoms with Crippen LogP contribution in [0.3, 0.4) is 0 Å². The maximum absolute atomic E-state index is 12.3. The summed E-state index contributed by atoms with van der Waals surface area (Å²) in [6.07, 6.45) is 0.793. The third-order valence-electron chi connectivity index (χ3n) is 3.79. The summed E-state index contributed by atoms with van der Waals surface area (Å²) in [7, 11) is 0. The van der Waals surface area contributed by atoms with Crippen LogP contribution in [-0.2, 0) is 9.59 Å². The number of hydrogen-bond donors (Lipinski definition) is 0. The van der Waals surface area contributed by atoms with Gasteiger partial charge in [0, 0.05) is 33.1 Å². The molecular formula is C17H24N2O4. The largest absolute Gasteiger partial charge is 0.490 e. The monoisotopic (exact) mass is 320 g/mol. The SMILES string of the molecule is CCOc1ccccc1OCC(=O)N1CCCN(C(C)=O)CC1. The molecule has 0 saturated carbocycles. The smallest absolute Gasteiger partial charge is 0.260 e. The van der Waals surface area contributed by atoms with E-state index in [2.05, 4.69) is 0 Å². The molecule has 6 heteroatoms. The molecule has 0 unspecified atom stereocenters. The molecule has 2 rings (SSSR count). The van der Waals surface area contributed by atoms with Crippen LogP contribution in [0.5, 0.6) is 11.5 Å². The number of hydrogen-bond acceptors (Lipinski definition) is 4. The Morgan fingerprint density at radius 2 is 1.61 bits per heavy atom. The van der Waals surface area contributed by atoms with E-state index in [1.54, 1.807) is 22.8 Å². The molecule has 1 fully saturated rings.